The molecule has 0 aromatic heterocycles. The van der Waals surface area contributed by atoms with Crippen molar-refractivity contribution >= 4 is 0 Å². The first-order valence-electron chi connectivity index (χ1n) is 5.07. The zero-order valence-electron chi connectivity index (χ0n) is 8.52. The van der Waals surface area contributed by atoms with Crippen molar-refractivity contribution in [3.8, 4) is 0 Å². The van der Waals surface area contributed by atoms with Crippen LogP contribution < -0.4 is 5.32 Å². The van der Waals surface area contributed by atoms with E-state index >= 15 is 0 Å². The molecule has 12 heavy (non-hydrogen) atoms. The average Bonchev–Trinajstić information content (AvgIpc) is 2.45. The van der Waals surface area contributed by atoms with Crippen LogP contribution in [-0.4, -0.2) is 25.8 Å². The topological polar surface area (TPSA) is 21.3 Å². The monoisotopic (exact) mass is 171 g/mol. The van der Waals surface area contributed by atoms with Crippen LogP contribution >= 0.6 is 0 Å². The molecule has 0 bridgehead atoms. The van der Waals surface area contributed by atoms with Gasteiger partial charge in [0.2, 0.25) is 0 Å². The van der Waals surface area contributed by atoms with Crippen molar-refractivity contribution in [2.24, 2.45) is 5.41 Å². The SMILES string of the molecule is CCNCC1(CC)CCOC1C. The van der Waals surface area contributed by atoms with Crippen LogP contribution in [0.5, 0.6) is 0 Å². The lowest BCUT2D eigenvalue weighted by Crippen LogP contribution is -2.38. The Balaban J connectivity index is 2.49. The fraction of sp³-hybridized carbons (Fsp3) is 1.00. The molecule has 1 aliphatic heterocycles. The first-order chi connectivity index (χ1) is 5.75. The number of nitrogens with one attached hydrogen (secondary N) is 1. The summed E-state index contributed by atoms with van der Waals surface area (Å²) in [7, 11) is 0. The van der Waals surface area contributed by atoms with E-state index in [1.807, 2.05) is 0 Å². The van der Waals surface area contributed by atoms with E-state index in [0.29, 0.717) is 11.5 Å². The normalized spacial score (nSPS) is 35.8. The van der Waals surface area contributed by atoms with Gasteiger partial charge in [-0.25, -0.2) is 0 Å². The minimum absolute atomic E-state index is 0.413. The highest BCUT2D eigenvalue weighted by Crippen LogP contribution is 2.37. The van der Waals surface area contributed by atoms with Gasteiger partial charge in [0, 0.05) is 18.6 Å². The van der Waals surface area contributed by atoms with E-state index in [2.05, 4.69) is 26.1 Å². The van der Waals surface area contributed by atoms with E-state index in [0.717, 1.165) is 19.7 Å². The molecule has 0 aromatic carbocycles. The minimum atomic E-state index is 0.413. The van der Waals surface area contributed by atoms with Gasteiger partial charge in [-0.1, -0.05) is 13.8 Å². The van der Waals surface area contributed by atoms with E-state index in [4.69, 9.17) is 4.74 Å². The van der Waals surface area contributed by atoms with Gasteiger partial charge in [-0.3, -0.25) is 0 Å². The van der Waals surface area contributed by atoms with E-state index in [1.165, 1.54) is 12.8 Å². The third-order valence-corrected chi connectivity index (χ3v) is 3.26. The third-order valence-electron chi connectivity index (χ3n) is 3.26. The maximum atomic E-state index is 5.62. The fourth-order valence-electron chi connectivity index (χ4n) is 2.01. The fourth-order valence-corrected chi connectivity index (χ4v) is 2.01. The number of ether oxygens (including phenoxy) is 1. The van der Waals surface area contributed by atoms with Crippen LogP contribution in [0.25, 0.3) is 0 Å². The molecule has 1 heterocycles. The van der Waals surface area contributed by atoms with Crippen molar-refractivity contribution in [3.05, 3.63) is 0 Å². The van der Waals surface area contributed by atoms with Crippen molar-refractivity contribution in [1.29, 1.82) is 0 Å². The average molecular weight is 171 g/mol. The third kappa shape index (κ3) is 1.80. The molecule has 1 fully saturated rings. The highest BCUT2D eigenvalue weighted by atomic mass is 16.5. The lowest BCUT2D eigenvalue weighted by Gasteiger charge is -2.31. The Hall–Kier alpha value is -0.0800. The number of hydrogen-bond donors (Lipinski definition) is 1. The van der Waals surface area contributed by atoms with Crippen molar-refractivity contribution in [2.75, 3.05) is 19.7 Å². The molecule has 1 saturated heterocycles. The van der Waals surface area contributed by atoms with E-state index in [-0.39, 0.29) is 0 Å². The molecule has 0 aliphatic carbocycles. The van der Waals surface area contributed by atoms with Gasteiger partial charge < -0.3 is 10.1 Å². The zero-order chi connectivity index (χ0) is 9.03. The summed E-state index contributed by atoms with van der Waals surface area (Å²) in [5.74, 6) is 0. The summed E-state index contributed by atoms with van der Waals surface area (Å²) in [6.45, 7) is 9.75. The number of rotatable bonds is 4. The molecular weight excluding hydrogens is 150 g/mol. The van der Waals surface area contributed by atoms with E-state index in [9.17, 15) is 0 Å². The zero-order valence-corrected chi connectivity index (χ0v) is 8.52. The molecule has 1 aliphatic rings. The highest BCUT2D eigenvalue weighted by Gasteiger charge is 2.39. The lowest BCUT2D eigenvalue weighted by molar-refractivity contribution is 0.0613. The molecule has 0 radical (unpaired) electrons. The van der Waals surface area contributed by atoms with Gasteiger partial charge in [-0.2, -0.15) is 0 Å². The van der Waals surface area contributed by atoms with Crippen LogP contribution in [-0.2, 0) is 4.74 Å². The predicted octanol–water partition coefficient (Wildman–Crippen LogP) is 1.80. The molecule has 1 rings (SSSR count). The molecule has 0 spiro atoms. The summed E-state index contributed by atoms with van der Waals surface area (Å²) in [4.78, 5) is 0. The molecule has 2 nitrogen and oxygen atoms in total. The molecule has 1 N–H and O–H groups in total. The molecule has 2 unspecified atom stereocenters. The smallest absolute Gasteiger partial charge is 0.0616 e. The van der Waals surface area contributed by atoms with Gasteiger partial charge in [0.25, 0.3) is 0 Å². The Morgan fingerprint density at radius 2 is 2.25 bits per heavy atom. The maximum absolute atomic E-state index is 5.62. The van der Waals surface area contributed by atoms with Crippen LogP contribution in [0.2, 0.25) is 0 Å². The maximum Gasteiger partial charge on any atom is 0.0616 e. The predicted molar refractivity (Wildman–Crippen MR) is 51.3 cm³/mol. The Morgan fingerprint density at radius 3 is 2.67 bits per heavy atom. The van der Waals surface area contributed by atoms with Gasteiger partial charge in [-0.15, -0.1) is 0 Å². The second-order valence-corrected chi connectivity index (χ2v) is 3.76. The summed E-state index contributed by atoms with van der Waals surface area (Å²) in [6, 6.07) is 0. The first kappa shape index (κ1) is 10.0. The van der Waals surface area contributed by atoms with Crippen LogP contribution in [0.1, 0.15) is 33.6 Å². The molecule has 0 aromatic rings. The van der Waals surface area contributed by atoms with Crippen molar-refractivity contribution < 1.29 is 4.74 Å². The van der Waals surface area contributed by atoms with Crippen LogP contribution in [0.15, 0.2) is 0 Å². The van der Waals surface area contributed by atoms with Crippen molar-refractivity contribution in [3.63, 3.8) is 0 Å². The Morgan fingerprint density at radius 1 is 1.50 bits per heavy atom. The van der Waals surface area contributed by atoms with Crippen LogP contribution in [0.3, 0.4) is 0 Å². The summed E-state index contributed by atoms with van der Waals surface area (Å²) in [6.07, 6.45) is 2.88. The van der Waals surface area contributed by atoms with Gasteiger partial charge in [0.15, 0.2) is 0 Å². The lowest BCUT2D eigenvalue weighted by atomic mass is 9.79. The van der Waals surface area contributed by atoms with Gasteiger partial charge in [0.05, 0.1) is 6.10 Å². The summed E-state index contributed by atoms with van der Waals surface area (Å²) in [5.41, 5.74) is 0.413. The summed E-state index contributed by atoms with van der Waals surface area (Å²) in [5, 5.41) is 3.43. The van der Waals surface area contributed by atoms with Gasteiger partial charge in [-0.05, 0) is 26.3 Å². The second kappa shape index (κ2) is 4.24. The largest absolute Gasteiger partial charge is 0.378 e. The minimum Gasteiger partial charge on any atom is -0.378 e. The molecule has 0 amide bonds. The van der Waals surface area contributed by atoms with Gasteiger partial charge in [0.1, 0.15) is 0 Å². The molecule has 2 atom stereocenters. The van der Waals surface area contributed by atoms with E-state index in [1.54, 1.807) is 0 Å². The van der Waals surface area contributed by atoms with Crippen LogP contribution in [0, 0.1) is 5.41 Å². The quantitative estimate of drug-likeness (QED) is 0.696. The standard InChI is InChI=1S/C10H21NO/c1-4-10(8-11-5-2)6-7-12-9(10)3/h9,11H,4-8H2,1-3H3. The highest BCUT2D eigenvalue weighted by molar-refractivity contribution is 4.90. The Kier molecular flexibility index (Phi) is 3.53. The van der Waals surface area contributed by atoms with Crippen molar-refractivity contribution in [2.45, 2.75) is 39.7 Å². The van der Waals surface area contributed by atoms with Crippen LogP contribution in [0.4, 0.5) is 0 Å². The summed E-state index contributed by atoms with van der Waals surface area (Å²) >= 11 is 0. The number of hydrogen-bond acceptors (Lipinski definition) is 2. The Labute approximate surface area is 75.7 Å². The molecule has 0 saturated carbocycles. The Bertz CT molecular complexity index is 138. The second-order valence-electron chi connectivity index (χ2n) is 3.76. The molecule has 2 heteroatoms. The van der Waals surface area contributed by atoms with Gasteiger partial charge >= 0.3 is 0 Å². The van der Waals surface area contributed by atoms with Crippen molar-refractivity contribution in [1.82, 2.24) is 5.32 Å². The van der Waals surface area contributed by atoms with E-state index < -0.39 is 0 Å². The first-order valence-corrected chi connectivity index (χ1v) is 5.07. The molecule has 72 valence electrons. The summed E-state index contributed by atoms with van der Waals surface area (Å²) < 4.78 is 5.62. The molecular formula is C10H21NO.